The zero-order chi connectivity index (χ0) is 15.0. The Morgan fingerprint density at radius 2 is 1.80 bits per heavy atom. The second kappa shape index (κ2) is 8.74. The number of nitrogens with one attached hydrogen (secondary N) is 1. The maximum atomic E-state index is 12.1. The Bertz CT molecular complexity index is 351. The second-order valence-corrected chi connectivity index (χ2v) is 5.17. The lowest BCUT2D eigenvalue weighted by molar-refractivity contribution is -0.147. The van der Waals surface area contributed by atoms with E-state index in [1.807, 2.05) is 12.2 Å². The molecule has 5 nitrogen and oxygen atoms in total. The van der Waals surface area contributed by atoms with Gasteiger partial charge in [0.25, 0.3) is 0 Å². The van der Waals surface area contributed by atoms with Crippen LogP contribution in [0.5, 0.6) is 0 Å². The van der Waals surface area contributed by atoms with Crippen LogP contribution in [-0.4, -0.2) is 48.1 Å². The summed E-state index contributed by atoms with van der Waals surface area (Å²) in [7, 11) is 0. The lowest BCUT2D eigenvalue weighted by Crippen LogP contribution is -2.39. The van der Waals surface area contributed by atoms with E-state index in [0.717, 1.165) is 26.1 Å². The maximum absolute atomic E-state index is 12.1. The minimum absolute atomic E-state index is 0.124. The lowest BCUT2D eigenvalue weighted by atomic mass is 9.82. The van der Waals surface area contributed by atoms with Crippen molar-refractivity contribution in [3.8, 4) is 0 Å². The molecule has 0 radical (unpaired) electrons. The van der Waals surface area contributed by atoms with Gasteiger partial charge < -0.3 is 15.3 Å². The van der Waals surface area contributed by atoms with Gasteiger partial charge >= 0.3 is 5.97 Å². The van der Waals surface area contributed by atoms with Crippen molar-refractivity contribution in [2.75, 3.05) is 26.2 Å². The van der Waals surface area contributed by atoms with E-state index in [2.05, 4.69) is 24.1 Å². The van der Waals surface area contributed by atoms with Crippen molar-refractivity contribution in [2.24, 2.45) is 11.8 Å². The molecule has 114 valence electrons. The molecule has 20 heavy (non-hydrogen) atoms. The predicted octanol–water partition coefficient (Wildman–Crippen LogP) is 1.50. The number of nitrogens with zero attached hydrogens (tertiary/aromatic N) is 1. The van der Waals surface area contributed by atoms with Crippen LogP contribution in [0.4, 0.5) is 0 Å². The number of hydrogen-bond acceptors (Lipinski definition) is 3. The van der Waals surface area contributed by atoms with Gasteiger partial charge in [-0.1, -0.05) is 26.0 Å². The topological polar surface area (TPSA) is 69.6 Å². The summed E-state index contributed by atoms with van der Waals surface area (Å²) < 4.78 is 0. The van der Waals surface area contributed by atoms with Crippen molar-refractivity contribution < 1.29 is 14.7 Å². The molecule has 0 bridgehead atoms. The van der Waals surface area contributed by atoms with Gasteiger partial charge in [0, 0.05) is 6.54 Å². The lowest BCUT2D eigenvalue weighted by Gasteiger charge is -2.24. The maximum Gasteiger partial charge on any atom is 0.307 e. The van der Waals surface area contributed by atoms with E-state index in [4.69, 9.17) is 5.11 Å². The van der Waals surface area contributed by atoms with Gasteiger partial charge in [-0.2, -0.15) is 0 Å². The van der Waals surface area contributed by atoms with E-state index in [0.29, 0.717) is 19.4 Å². The summed E-state index contributed by atoms with van der Waals surface area (Å²) in [6, 6.07) is 0. The van der Waals surface area contributed by atoms with Crippen LogP contribution in [0.15, 0.2) is 12.2 Å². The van der Waals surface area contributed by atoms with E-state index in [9.17, 15) is 9.59 Å². The van der Waals surface area contributed by atoms with Gasteiger partial charge in [0.05, 0.1) is 11.8 Å². The van der Waals surface area contributed by atoms with Gasteiger partial charge in [0.2, 0.25) is 5.91 Å². The highest BCUT2D eigenvalue weighted by atomic mass is 16.4. The highest BCUT2D eigenvalue weighted by Gasteiger charge is 2.33. The van der Waals surface area contributed by atoms with Gasteiger partial charge in [0.15, 0.2) is 0 Å². The third-order valence-electron chi connectivity index (χ3n) is 3.93. The van der Waals surface area contributed by atoms with Crippen molar-refractivity contribution in [2.45, 2.75) is 33.1 Å². The number of carbonyl (C=O) groups is 2. The number of carboxylic acid groups (broad SMARTS) is 1. The molecule has 2 N–H and O–H groups in total. The van der Waals surface area contributed by atoms with Crippen LogP contribution >= 0.6 is 0 Å². The van der Waals surface area contributed by atoms with Crippen molar-refractivity contribution in [1.82, 2.24) is 10.2 Å². The van der Waals surface area contributed by atoms with Gasteiger partial charge in [0.1, 0.15) is 0 Å². The molecule has 0 aliphatic heterocycles. The van der Waals surface area contributed by atoms with E-state index < -0.39 is 17.8 Å². The van der Waals surface area contributed by atoms with Gasteiger partial charge in [-0.15, -0.1) is 0 Å². The first-order valence-corrected chi connectivity index (χ1v) is 7.48. The minimum Gasteiger partial charge on any atom is -0.481 e. The van der Waals surface area contributed by atoms with Crippen LogP contribution in [0.25, 0.3) is 0 Å². The van der Waals surface area contributed by atoms with E-state index in [-0.39, 0.29) is 5.91 Å². The normalized spacial score (nSPS) is 21.9. The fourth-order valence-electron chi connectivity index (χ4n) is 2.56. The summed E-state index contributed by atoms with van der Waals surface area (Å²) in [5, 5.41) is 12.0. The Balaban J connectivity index is 2.34. The quantitative estimate of drug-likeness (QED) is 0.523. The molecule has 0 aromatic heterocycles. The smallest absolute Gasteiger partial charge is 0.307 e. The summed E-state index contributed by atoms with van der Waals surface area (Å²) in [5.74, 6) is -2.01. The van der Waals surface area contributed by atoms with Crippen LogP contribution < -0.4 is 5.32 Å². The molecule has 1 rings (SSSR count). The standard InChI is InChI=1S/C15H26N2O3/c1-3-17(4-2)11-7-10-16-14(18)12-8-5-6-9-13(12)15(19)20/h5-6,12-13H,3-4,7-11H2,1-2H3,(H,16,18)(H,19,20)/t12-,13+/m1/s1. The zero-order valence-corrected chi connectivity index (χ0v) is 12.5. The summed E-state index contributed by atoms with van der Waals surface area (Å²) in [6.45, 7) is 7.84. The molecule has 0 spiro atoms. The monoisotopic (exact) mass is 282 g/mol. The molecule has 5 heteroatoms. The molecule has 0 saturated heterocycles. The molecule has 0 fully saturated rings. The highest BCUT2D eigenvalue weighted by molar-refractivity contribution is 5.85. The number of carboxylic acids is 1. The number of carbonyl (C=O) groups excluding carboxylic acids is 1. The summed E-state index contributed by atoms with van der Waals surface area (Å²) in [5.41, 5.74) is 0. The van der Waals surface area contributed by atoms with Crippen molar-refractivity contribution >= 4 is 11.9 Å². The Hall–Kier alpha value is -1.36. The molecule has 2 atom stereocenters. The van der Waals surface area contributed by atoms with Gasteiger partial charge in [-0.25, -0.2) is 0 Å². The van der Waals surface area contributed by atoms with Crippen LogP contribution in [0.1, 0.15) is 33.1 Å². The Labute approximate surface area is 121 Å². The zero-order valence-electron chi connectivity index (χ0n) is 12.5. The third-order valence-corrected chi connectivity index (χ3v) is 3.93. The molecule has 1 aliphatic rings. The predicted molar refractivity (Wildman–Crippen MR) is 78.4 cm³/mol. The molecular weight excluding hydrogens is 256 g/mol. The molecular formula is C15H26N2O3. The Kier molecular flexibility index (Phi) is 7.30. The molecule has 0 aromatic carbocycles. The second-order valence-electron chi connectivity index (χ2n) is 5.17. The average Bonchev–Trinajstić information content (AvgIpc) is 2.47. The SMILES string of the molecule is CCN(CC)CCCNC(=O)[C@@H]1CC=CC[C@@H]1C(=O)O. The summed E-state index contributed by atoms with van der Waals surface area (Å²) in [4.78, 5) is 25.5. The number of aliphatic carboxylic acids is 1. The fourth-order valence-corrected chi connectivity index (χ4v) is 2.56. The number of allylic oxidation sites excluding steroid dienone is 2. The van der Waals surface area contributed by atoms with Crippen molar-refractivity contribution in [1.29, 1.82) is 0 Å². The first-order chi connectivity index (χ1) is 9.60. The minimum atomic E-state index is -0.877. The van der Waals surface area contributed by atoms with Gasteiger partial charge in [-0.05, 0) is 38.9 Å². The van der Waals surface area contributed by atoms with Crippen molar-refractivity contribution in [3.05, 3.63) is 12.2 Å². The van der Waals surface area contributed by atoms with Crippen LogP contribution in [0, 0.1) is 11.8 Å². The van der Waals surface area contributed by atoms with E-state index in [1.54, 1.807) is 0 Å². The van der Waals surface area contributed by atoms with E-state index >= 15 is 0 Å². The molecule has 1 amide bonds. The summed E-state index contributed by atoms with van der Waals surface area (Å²) >= 11 is 0. The molecule has 0 unspecified atom stereocenters. The third kappa shape index (κ3) is 4.96. The largest absolute Gasteiger partial charge is 0.481 e. The van der Waals surface area contributed by atoms with Crippen LogP contribution in [0.2, 0.25) is 0 Å². The molecule has 0 aromatic rings. The van der Waals surface area contributed by atoms with Gasteiger partial charge in [-0.3, -0.25) is 9.59 Å². The Morgan fingerprint density at radius 1 is 1.20 bits per heavy atom. The van der Waals surface area contributed by atoms with Crippen LogP contribution in [-0.2, 0) is 9.59 Å². The molecule has 1 aliphatic carbocycles. The molecule has 0 heterocycles. The Morgan fingerprint density at radius 3 is 2.35 bits per heavy atom. The summed E-state index contributed by atoms with van der Waals surface area (Å²) in [6.07, 6.45) is 5.63. The highest BCUT2D eigenvalue weighted by Crippen LogP contribution is 2.25. The number of hydrogen-bond donors (Lipinski definition) is 2. The fraction of sp³-hybridized carbons (Fsp3) is 0.733. The first kappa shape index (κ1) is 16.7. The van der Waals surface area contributed by atoms with Crippen molar-refractivity contribution in [3.63, 3.8) is 0 Å². The number of rotatable bonds is 8. The first-order valence-electron chi connectivity index (χ1n) is 7.48. The molecule has 0 saturated carbocycles. The average molecular weight is 282 g/mol. The van der Waals surface area contributed by atoms with Crippen LogP contribution in [0.3, 0.4) is 0 Å². The number of amides is 1. The van der Waals surface area contributed by atoms with E-state index in [1.165, 1.54) is 0 Å².